The lowest BCUT2D eigenvalue weighted by Gasteiger charge is -2.39. The Morgan fingerprint density at radius 2 is 1.40 bits per heavy atom. The number of hydroxylamine groups is 2. The van der Waals surface area contributed by atoms with Gasteiger partial charge in [-0.25, -0.2) is 0 Å². The van der Waals surface area contributed by atoms with Crippen LogP contribution in [0.25, 0.3) is 0 Å². The van der Waals surface area contributed by atoms with E-state index in [-0.39, 0.29) is 36.6 Å². The highest BCUT2D eigenvalue weighted by atomic mass is 32.2. The second-order valence-corrected chi connectivity index (χ2v) is 20.1. The molecule has 6 fully saturated rings. The van der Waals surface area contributed by atoms with Crippen molar-refractivity contribution >= 4 is 26.1 Å². The number of nitrogens with zero attached hydrogens (tertiary/aromatic N) is 3. The van der Waals surface area contributed by atoms with Crippen LogP contribution in [-0.2, 0) is 34.0 Å². The summed E-state index contributed by atoms with van der Waals surface area (Å²) < 4.78 is 81.9. The second-order valence-electron chi connectivity index (χ2n) is 17.0. The predicted molar refractivity (Wildman–Crippen MR) is 200 cm³/mol. The SMILES string of the molecule is CCC(=C/C1=[N+](CS(=O)(=O)O)C2CC(C3CCCCC3)CCC2O1)/C=C1\OC2CCC(C3CCCCC3)CC2N1CCS(=O)(=O)ON1CCCCC1. The van der Waals surface area contributed by atoms with Gasteiger partial charge >= 0.3 is 16.0 Å². The maximum absolute atomic E-state index is 13.3. The molecule has 0 aromatic carbocycles. The third-order valence-electron chi connectivity index (χ3n) is 13.6. The van der Waals surface area contributed by atoms with Gasteiger partial charge in [0.1, 0.15) is 6.10 Å². The molecule has 1 N–H and O–H groups in total. The molecule has 6 unspecified atom stereocenters. The zero-order valence-electron chi connectivity index (χ0n) is 31.4. The highest BCUT2D eigenvalue weighted by molar-refractivity contribution is 7.86. The van der Waals surface area contributed by atoms with Crippen LogP contribution in [0.15, 0.2) is 23.6 Å². The molecule has 0 spiro atoms. The number of ether oxygens (including phenoxy) is 2. The molecule has 52 heavy (non-hydrogen) atoms. The first-order valence-electron chi connectivity index (χ1n) is 20.8. The van der Waals surface area contributed by atoms with Crippen LogP contribution in [0.1, 0.15) is 135 Å². The molecule has 3 aliphatic heterocycles. The van der Waals surface area contributed by atoms with Crippen molar-refractivity contribution in [2.24, 2.45) is 23.7 Å². The van der Waals surface area contributed by atoms with Crippen molar-refractivity contribution in [3.8, 4) is 0 Å². The van der Waals surface area contributed by atoms with Crippen LogP contribution in [0, 0.1) is 23.7 Å². The number of hydrogen-bond donors (Lipinski definition) is 1. The van der Waals surface area contributed by atoms with Gasteiger partial charge in [0.25, 0.3) is 16.0 Å². The fourth-order valence-corrected chi connectivity index (χ4v) is 12.5. The third-order valence-corrected chi connectivity index (χ3v) is 15.3. The highest BCUT2D eigenvalue weighted by Crippen LogP contribution is 2.45. The van der Waals surface area contributed by atoms with Crippen LogP contribution in [0.3, 0.4) is 0 Å². The van der Waals surface area contributed by atoms with Crippen molar-refractivity contribution in [3.05, 3.63) is 23.6 Å². The van der Waals surface area contributed by atoms with E-state index in [2.05, 4.69) is 11.8 Å². The van der Waals surface area contributed by atoms with E-state index in [0.717, 1.165) is 69.3 Å². The standard InChI is InChI=1S/C39H63N3O8S2/c1-2-29(25-39-42(28-51(43,44)45)35-27-33(17-19-37(35)49-39)31-14-8-4-9-15-31)24-38-41(22-23-52(46,47)50-40-20-10-5-11-21-40)34-26-32(16-18-36(34)48-38)30-12-6-3-7-13-30/h24-25,30-37H,2-23,26-28H2,1H3/p+1. The first kappa shape index (κ1) is 38.6. The van der Waals surface area contributed by atoms with Crippen LogP contribution >= 0.6 is 0 Å². The molecule has 3 heterocycles. The molecule has 11 nitrogen and oxygen atoms in total. The minimum atomic E-state index is -4.29. The van der Waals surface area contributed by atoms with Crippen LogP contribution in [-0.4, -0.2) is 97.4 Å². The van der Waals surface area contributed by atoms with E-state index < -0.39 is 26.1 Å². The molecule has 2 saturated heterocycles. The normalized spacial score (nSPS) is 33.9. The van der Waals surface area contributed by atoms with E-state index in [0.29, 0.717) is 49.0 Å². The topological polar surface area (TPSA) is 126 Å². The van der Waals surface area contributed by atoms with Gasteiger partial charge in [0.15, 0.2) is 18.0 Å². The van der Waals surface area contributed by atoms with Crippen LogP contribution in [0.4, 0.5) is 0 Å². The lowest BCUT2D eigenvalue weighted by Crippen LogP contribution is -2.43. The number of rotatable bonds is 12. The van der Waals surface area contributed by atoms with E-state index in [1.165, 1.54) is 64.2 Å². The Morgan fingerprint density at radius 1 is 0.788 bits per heavy atom. The van der Waals surface area contributed by atoms with Crippen LogP contribution in [0.5, 0.6) is 0 Å². The molecule has 13 heteroatoms. The van der Waals surface area contributed by atoms with Crippen molar-refractivity contribution in [2.75, 3.05) is 31.3 Å². The average Bonchev–Trinajstić information content (AvgIpc) is 3.66. The van der Waals surface area contributed by atoms with E-state index in [4.69, 9.17) is 13.8 Å². The largest absolute Gasteiger partial charge is 0.474 e. The first-order valence-corrected chi connectivity index (χ1v) is 24.0. The molecule has 294 valence electrons. The van der Waals surface area contributed by atoms with Gasteiger partial charge in [0.2, 0.25) is 0 Å². The molecule has 4 aliphatic carbocycles. The minimum Gasteiger partial charge on any atom is -0.474 e. The maximum atomic E-state index is 13.3. The van der Waals surface area contributed by atoms with E-state index in [9.17, 15) is 21.4 Å². The third kappa shape index (κ3) is 9.58. The summed E-state index contributed by atoms with van der Waals surface area (Å²) in [6.07, 6.45) is 26.2. The molecular formula is C39H64N3O8S2+. The van der Waals surface area contributed by atoms with Gasteiger partial charge in [-0.05, 0) is 80.6 Å². The second kappa shape index (κ2) is 17.0. The van der Waals surface area contributed by atoms with Crippen molar-refractivity contribution in [3.63, 3.8) is 0 Å². The molecule has 0 aromatic heterocycles. The molecule has 4 saturated carbocycles. The van der Waals surface area contributed by atoms with Crippen LogP contribution < -0.4 is 0 Å². The van der Waals surface area contributed by atoms with Gasteiger partial charge in [0, 0.05) is 32.1 Å². The molecular weight excluding hydrogens is 703 g/mol. The Kier molecular flexibility index (Phi) is 12.6. The lowest BCUT2D eigenvalue weighted by molar-refractivity contribution is -0.546. The molecule has 0 bridgehead atoms. The molecule has 6 atom stereocenters. The molecule has 0 amide bonds. The van der Waals surface area contributed by atoms with Crippen molar-refractivity contribution < 1.29 is 39.7 Å². The summed E-state index contributed by atoms with van der Waals surface area (Å²) in [5, 5.41) is 1.60. The summed E-state index contributed by atoms with van der Waals surface area (Å²) in [6.45, 7) is 3.61. The molecule has 0 aromatic rings. The molecule has 7 rings (SSSR count). The van der Waals surface area contributed by atoms with E-state index in [1.54, 1.807) is 9.64 Å². The summed E-state index contributed by atoms with van der Waals surface area (Å²) in [4.78, 5) is 2.19. The van der Waals surface area contributed by atoms with Crippen molar-refractivity contribution in [2.45, 2.75) is 160 Å². The van der Waals surface area contributed by atoms with Crippen molar-refractivity contribution in [1.82, 2.24) is 9.96 Å². The van der Waals surface area contributed by atoms with Gasteiger partial charge in [-0.15, -0.1) is 0 Å². The first-order chi connectivity index (χ1) is 25.0. The summed E-state index contributed by atoms with van der Waals surface area (Å²) >= 11 is 0. The zero-order chi connectivity index (χ0) is 36.3. The lowest BCUT2D eigenvalue weighted by atomic mass is 9.71. The van der Waals surface area contributed by atoms with E-state index >= 15 is 0 Å². The monoisotopic (exact) mass is 766 g/mol. The van der Waals surface area contributed by atoms with Crippen molar-refractivity contribution in [1.29, 1.82) is 0 Å². The number of piperidine rings is 1. The summed E-state index contributed by atoms with van der Waals surface area (Å²) in [5.41, 5.74) is 0.910. The zero-order valence-corrected chi connectivity index (χ0v) is 33.0. The molecule has 7 aliphatic rings. The van der Waals surface area contributed by atoms with Gasteiger partial charge in [-0.3, -0.25) is 4.55 Å². The summed E-state index contributed by atoms with van der Waals surface area (Å²) in [7, 11) is -8.08. The average molecular weight is 767 g/mol. The molecule has 0 radical (unpaired) electrons. The van der Waals surface area contributed by atoms with Crippen LogP contribution in [0.2, 0.25) is 0 Å². The highest BCUT2D eigenvalue weighted by Gasteiger charge is 2.50. The number of allylic oxidation sites excluding steroid dienone is 2. The Balaban J connectivity index is 1.14. The van der Waals surface area contributed by atoms with Gasteiger partial charge in [-0.2, -0.15) is 30.8 Å². The quantitative estimate of drug-likeness (QED) is 0.168. The fraction of sp³-hybridized carbons (Fsp3) is 0.872. The Bertz CT molecular complexity index is 1540. The Morgan fingerprint density at radius 3 is 2.04 bits per heavy atom. The Hall–Kier alpha value is -1.67. The Labute approximate surface area is 313 Å². The fourth-order valence-electron chi connectivity index (χ4n) is 10.8. The number of hydrogen-bond acceptors (Lipinski definition) is 9. The smallest absolute Gasteiger partial charge is 0.364 e. The van der Waals surface area contributed by atoms with E-state index in [1.807, 2.05) is 12.2 Å². The maximum Gasteiger partial charge on any atom is 0.364 e. The van der Waals surface area contributed by atoms with Gasteiger partial charge in [0.05, 0.1) is 17.9 Å². The summed E-state index contributed by atoms with van der Waals surface area (Å²) in [6, 6.07) is 0.00441. The van der Waals surface area contributed by atoms with Gasteiger partial charge in [-0.1, -0.05) is 77.6 Å². The minimum absolute atomic E-state index is 0.000850. The predicted octanol–water partition coefficient (Wildman–Crippen LogP) is 6.77. The summed E-state index contributed by atoms with van der Waals surface area (Å²) in [5.74, 6) is 3.12. The van der Waals surface area contributed by atoms with Gasteiger partial charge < -0.3 is 14.4 Å². The number of fused-ring (bicyclic) bond motifs is 2.